The minimum absolute atomic E-state index is 0.0944. The Morgan fingerprint density at radius 2 is 1.36 bits per heavy atom. The maximum Gasteiger partial charge on any atom is 0.275 e. The zero-order valence-corrected chi connectivity index (χ0v) is 25.9. The number of hydrogen-bond donors (Lipinski definition) is 2. The lowest BCUT2D eigenvalue weighted by molar-refractivity contribution is 0.0933. The van der Waals surface area contributed by atoms with Gasteiger partial charge in [-0.1, -0.05) is 29.3 Å². The first-order valence-corrected chi connectivity index (χ1v) is 14.5. The summed E-state index contributed by atoms with van der Waals surface area (Å²) in [5, 5.41) is 6.51. The number of pyridine rings is 5. The molecule has 0 spiro atoms. The van der Waals surface area contributed by atoms with Gasteiger partial charge in [-0.2, -0.15) is 0 Å². The fraction of sp³-hybridized carbons (Fsp3) is 0.156. The third kappa shape index (κ3) is 8.94. The summed E-state index contributed by atoms with van der Waals surface area (Å²) >= 11 is 12.1. The van der Waals surface area contributed by atoms with Gasteiger partial charge in [0.05, 0.1) is 22.4 Å². The number of aryl methyl sites for hydroxylation is 2. The van der Waals surface area contributed by atoms with Crippen LogP contribution in [0.25, 0.3) is 0 Å². The second kappa shape index (κ2) is 14.1. The molecule has 11 nitrogen and oxygen atoms in total. The van der Waals surface area contributed by atoms with Crippen molar-refractivity contribution in [3.8, 4) is 23.0 Å². The van der Waals surface area contributed by atoms with Crippen LogP contribution >= 0.6 is 23.2 Å². The van der Waals surface area contributed by atoms with Gasteiger partial charge in [-0.05, 0) is 32.9 Å². The topological polar surface area (TPSA) is 141 Å². The lowest BCUT2D eigenvalue weighted by Crippen LogP contribution is -2.35. The number of hydrogen-bond acceptors (Lipinski definition) is 9. The van der Waals surface area contributed by atoms with Gasteiger partial charge in [0, 0.05) is 78.3 Å². The maximum absolute atomic E-state index is 13.2. The van der Waals surface area contributed by atoms with Gasteiger partial charge in [-0.3, -0.25) is 19.6 Å². The number of halogens is 2. The number of ether oxygens (including phenoxy) is 2. The molecular formula is C32H27Cl2N7O4. The molecule has 0 saturated carbocycles. The van der Waals surface area contributed by atoms with E-state index in [9.17, 15) is 9.59 Å². The van der Waals surface area contributed by atoms with Crippen LogP contribution in [0.3, 0.4) is 0 Å². The number of amides is 2. The molecular weight excluding hydrogens is 617 g/mol. The van der Waals surface area contributed by atoms with E-state index in [-0.39, 0.29) is 17.8 Å². The van der Waals surface area contributed by atoms with Gasteiger partial charge >= 0.3 is 0 Å². The van der Waals surface area contributed by atoms with Crippen molar-refractivity contribution < 1.29 is 19.1 Å². The van der Waals surface area contributed by atoms with Gasteiger partial charge in [0.2, 0.25) is 0 Å². The molecule has 0 aliphatic heterocycles. The Morgan fingerprint density at radius 1 is 0.733 bits per heavy atom. The van der Waals surface area contributed by atoms with Gasteiger partial charge < -0.3 is 20.1 Å². The van der Waals surface area contributed by atoms with Crippen molar-refractivity contribution in [1.82, 2.24) is 30.2 Å². The Kier molecular flexibility index (Phi) is 9.81. The highest BCUT2D eigenvalue weighted by atomic mass is 35.5. The summed E-state index contributed by atoms with van der Waals surface area (Å²) in [6.45, 7) is 5.40. The largest absolute Gasteiger partial charge is 0.456 e. The van der Waals surface area contributed by atoms with E-state index >= 15 is 0 Å². The number of carbonyl (C=O) groups is 2. The number of carbonyl (C=O) groups excluding carboxylic acids is 2. The molecule has 5 aromatic heterocycles. The number of nitrogens with zero attached hydrogens (tertiary/aromatic N) is 5. The predicted molar refractivity (Wildman–Crippen MR) is 169 cm³/mol. The van der Waals surface area contributed by atoms with Crippen LogP contribution in [0, 0.1) is 13.8 Å². The van der Waals surface area contributed by atoms with Crippen LogP contribution in [0.4, 0.5) is 5.82 Å². The molecule has 5 aromatic rings. The zero-order chi connectivity index (χ0) is 31.9. The SMILES string of the molecule is Cc1cccc(NC(=O)c2cc(Oc3cncc(Cl)c3)cc(CC(C)NC(=O)c3cc(Oc4cncc(Cl)c4)cc(C)n3)n2)n1. The lowest BCUT2D eigenvalue weighted by Gasteiger charge is -2.16. The molecule has 2 N–H and O–H groups in total. The highest BCUT2D eigenvalue weighted by molar-refractivity contribution is 6.30. The molecule has 5 rings (SSSR count). The summed E-state index contributed by atoms with van der Waals surface area (Å²) in [6, 6.07) is 14.5. The van der Waals surface area contributed by atoms with Gasteiger partial charge in [0.1, 0.15) is 40.2 Å². The van der Waals surface area contributed by atoms with Crippen LogP contribution in [0.5, 0.6) is 23.0 Å². The summed E-state index contributed by atoms with van der Waals surface area (Å²) in [5.41, 5.74) is 2.08. The third-order valence-electron chi connectivity index (χ3n) is 6.10. The van der Waals surface area contributed by atoms with E-state index in [2.05, 4.69) is 35.6 Å². The molecule has 1 unspecified atom stereocenters. The standard InChI is InChI=1S/C32H27Cl2N7O4/c1-18-5-4-6-30(38-18)41-32(43)29-13-25(45-27-10-22(34)15-36-17-27)11-23(40-29)7-19(2)39-31(42)28-12-24(8-20(3)37-28)44-26-9-21(33)14-35-16-26/h4-6,8-17,19H,7H2,1-3H3,(H,39,42)(H,38,41,43). The van der Waals surface area contributed by atoms with E-state index in [1.807, 2.05) is 19.9 Å². The van der Waals surface area contributed by atoms with Crippen LogP contribution in [-0.2, 0) is 6.42 Å². The fourth-order valence-corrected chi connectivity index (χ4v) is 4.60. The Morgan fingerprint density at radius 3 is 1.98 bits per heavy atom. The van der Waals surface area contributed by atoms with E-state index in [1.165, 1.54) is 36.9 Å². The van der Waals surface area contributed by atoms with Crippen LogP contribution in [0.2, 0.25) is 10.0 Å². The fourth-order valence-electron chi connectivity index (χ4n) is 4.28. The van der Waals surface area contributed by atoms with Gasteiger partial charge in [0.15, 0.2) is 0 Å². The average molecular weight is 645 g/mol. The van der Waals surface area contributed by atoms with Crippen molar-refractivity contribution in [2.45, 2.75) is 33.2 Å². The second-order valence-corrected chi connectivity index (χ2v) is 11.0. The summed E-state index contributed by atoms with van der Waals surface area (Å²) in [6.07, 6.45) is 6.26. The highest BCUT2D eigenvalue weighted by Gasteiger charge is 2.18. The van der Waals surface area contributed by atoms with Crippen molar-refractivity contribution in [3.05, 3.63) is 118 Å². The van der Waals surface area contributed by atoms with E-state index in [0.717, 1.165) is 5.69 Å². The summed E-state index contributed by atoms with van der Waals surface area (Å²) in [7, 11) is 0. The van der Waals surface area contributed by atoms with E-state index in [0.29, 0.717) is 50.2 Å². The van der Waals surface area contributed by atoms with Crippen LogP contribution < -0.4 is 20.1 Å². The van der Waals surface area contributed by atoms with Crippen LogP contribution in [-0.4, -0.2) is 42.8 Å². The molecule has 45 heavy (non-hydrogen) atoms. The smallest absolute Gasteiger partial charge is 0.275 e. The van der Waals surface area contributed by atoms with Gasteiger partial charge in [0.25, 0.3) is 11.8 Å². The van der Waals surface area contributed by atoms with Crippen LogP contribution in [0.1, 0.15) is 45.0 Å². The monoisotopic (exact) mass is 643 g/mol. The van der Waals surface area contributed by atoms with Crippen molar-refractivity contribution in [2.75, 3.05) is 5.32 Å². The molecule has 2 amide bonds. The summed E-state index contributed by atoms with van der Waals surface area (Å²) < 4.78 is 11.8. The molecule has 0 aliphatic carbocycles. The molecule has 0 aromatic carbocycles. The number of anilines is 1. The van der Waals surface area contributed by atoms with Crippen molar-refractivity contribution in [3.63, 3.8) is 0 Å². The average Bonchev–Trinajstić information content (AvgIpc) is 2.96. The number of nitrogens with one attached hydrogen (secondary N) is 2. The Labute approximate surface area is 269 Å². The maximum atomic E-state index is 13.2. The molecule has 0 aliphatic rings. The molecule has 0 bridgehead atoms. The Balaban J connectivity index is 1.34. The highest BCUT2D eigenvalue weighted by Crippen LogP contribution is 2.26. The quantitative estimate of drug-likeness (QED) is 0.168. The molecule has 1 atom stereocenters. The van der Waals surface area contributed by atoms with Crippen molar-refractivity contribution >= 4 is 40.8 Å². The van der Waals surface area contributed by atoms with Crippen molar-refractivity contribution in [1.29, 1.82) is 0 Å². The van der Waals surface area contributed by atoms with E-state index in [4.69, 9.17) is 32.7 Å². The van der Waals surface area contributed by atoms with Gasteiger partial charge in [-0.15, -0.1) is 0 Å². The van der Waals surface area contributed by atoms with Crippen LogP contribution in [0.15, 0.2) is 79.4 Å². The number of aromatic nitrogens is 5. The molecule has 0 saturated heterocycles. The molecule has 0 fully saturated rings. The zero-order valence-electron chi connectivity index (χ0n) is 24.4. The molecule has 13 heteroatoms. The van der Waals surface area contributed by atoms with E-state index in [1.54, 1.807) is 43.3 Å². The molecule has 5 heterocycles. The first kappa shape index (κ1) is 31.3. The molecule has 0 radical (unpaired) electrons. The van der Waals surface area contributed by atoms with Gasteiger partial charge in [-0.25, -0.2) is 15.0 Å². The Bertz CT molecular complexity index is 1870. The minimum atomic E-state index is -0.480. The second-order valence-electron chi connectivity index (χ2n) is 10.1. The first-order valence-electron chi connectivity index (χ1n) is 13.7. The lowest BCUT2D eigenvalue weighted by atomic mass is 10.1. The minimum Gasteiger partial charge on any atom is -0.456 e. The third-order valence-corrected chi connectivity index (χ3v) is 6.51. The Hall–Kier alpha value is -5.13. The first-order chi connectivity index (χ1) is 21.6. The molecule has 228 valence electrons. The van der Waals surface area contributed by atoms with E-state index < -0.39 is 17.9 Å². The summed E-state index contributed by atoms with van der Waals surface area (Å²) in [4.78, 5) is 47.7. The number of rotatable bonds is 10. The summed E-state index contributed by atoms with van der Waals surface area (Å²) in [5.74, 6) is 1.04. The van der Waals surface area contributed by atoms with Crippen molar-refractivity contribution in [2.24, 2.45) is 0 Å². The normalized spacial score (nSPS) is 11.4. The predicted octanol–water partition coefficient (Wildman–Crippen LogP) is 6.78.